The van der Waals surface area contributed by atoms with Gasteiger partial charge in [0, 0.05) is 26.6 Å². The molecule has 0 aromatic heterocycles. The van der Waals surface area contributed by atoms with E-state index in [1.807, 2.05) is 0 Å². The Balaban J connectivity index is 3.35. The number of rotatable bonds is 10. The topological polar surface area (TPSA) is 41.6 Å². The first-order chi connectivity index (χ1) is 8.06. The maximum absolute atomic E-state index is 11.4. The highest BCUT2D eigenvalue weighted by atomic mass is 16.5. The third-order valence-corrected chi connectivity index (χ3v) is 2.66. The van der Waals surface area contributed by atoms with Crippen molar-refractivity contribution in [3.05, 3.63) is 0 Å². The molecule has 0 spiro atoms. The first kappa shape index (κ1) is 16.4. The molecule has 0 aliphatic rings. The van der Waals surface area contributed by atoms with Gasteiger partial charge in [0.2, 0.25) is 5.91 Å². The summed E-state index contributed by atoms with van der Waals surface area (Å²) in [7, 11) is 3.78. The molecule has 4 heteroatoms. The minimum atomic E-state index is 0.179. The molecule has 0 saturated heterocycles. The predicted molar refractivity (Wildman–Crippen MR) is 71.1 cm³/mol. The van der Waals surface area contributed by atoms with Crippen LogP contribution in [0.5, 0.6) is 0 Å². The standard InChI is InChI=1S/C13H28N2O2/c1-12(2)6-7-13(16)14-8-5-9-15(3)10-11-17-4/h12H,5-11H2,1-4H3,(H,14,16). The van der Waals surface area contributed by atoms with Gasteiger partial charge in [-0.2, -0.15) is 0 Å². The zero-order valence-electron chi connectivity index (χ0n) is 11.8. The van der Waals surface area contributed by atoms with E-state index in [9.17, 15) is 4.79 Å². The summed E-state index contributed by atoms with van der Waals surface area (Å²) in [6, 6.07) is 0. The molecule has 0 aromatic carbocycles. The van der Waals surface area contributed by atoms with Crippen molar-refractivity contribution in [2.75, 3.05) is 40.4 Å². The third-order valence-electron chi connectivity index (χ3n) is 2.66. The summed E-state index contributed by atoms with van der Waals surface area (Å²) in [5.74, 6) is 0.777. The van der Waals surface area contributed by atoms with Gasteiger partial charge in [0.1, 0.15) is 0 Å². The number of hydrogen-bond donors (Lipinski definition) is 1. The number of ether oxygens (including phenoxy) is 1. The lowest BCUT2D eigenvalue weighted by Crippen LogP contribution is -2.29. The second kappa shape index (κ2) is 10.5. The maximum atomic E-state index is 11.4. The van der Waals surface area contributed by atoms with Gasteiger partial charge in [0.05, 0.1) is 6.61 Å². The number of nitrogens with zero attached hydrogens (tertiary/aromatic N) is 1. The van der Waals surface area contributed by atoms with Crippen LogP contribution in [0.1, 0.15) is 33.1 Å². The molecule has 0 atom stereocenters. The molecule has 0 aromatic rings. The Morgan fingerprint density at radius 1 is 1.35 bits per heavy atom. The monoisotopic (exact) mass is 244 g/mol. The van der Waals surface area contributed by atoms with E-state index in [0.717, 1.165) is 39.1 Å². The highest BCUT2D eigenvalue weighted by molar-refractivity contribution is 5.75. The molecule has 0 rings (SSSR count). The Morgan fingerprint density at radius 3 is 2.65 bits per heavy atom. The maximum Gasteiger partial charge on any atom is 0.220 e. The van der Waals surface area contributed by atoms with Crippen LogP contribution in [0.2, 0.25) is 0 Å². The Morgan fingerprint density at radius 2 is 2.06 bits per heavy atom. The van der Waals surface area contributed by atoms with Gasteiger partial charge in [-0.15, -0.1) is 0 Å². The summed E-state index contributed by atoms with van der Waals surface area (Å²) >= 11 is 0. The molecular formula is C13H28N2O2. The van der Waals surface area contributed by atoms with E-state index in [1.54, 1.807) is 7.11 Å². The van der Waals surface area contributed by atoms with Crippen molar-refractivity contribution in [3.63, 3.8) is 0 Å². The van der Waals surface area contributed by atoms with E-state index >= 15 is 0 Å². The average Bonchev–Trinajstić information content (AvgIpc) is 2.29. The third kappa shape index (κ3) is 11.6. The van der Waals surface area contributed by atoms with Crippen molar-refractivity contribution < 1.29 is 9.53 Å². The van der Waals surface area contributed by atoms with Crippen molar-refractivity contribution in [1.82, 2.24) is 10.2 Å². The van der Waals surface area contributed by atoms with Gasteiger partial charge in [0.15, 0.2) is 0 Å². The van der Waals surface area contributed by atoms with Gasteiger partial charge in [0.25, 0.3) is 0 Å². The summed E-state index contributed by atoms with van der Waals surface area (Å²) in [5, 5.41) is 2.95. The molecule has 0 radical (unpaired) electrons. The summed E-state index contributed by atoms with van der Waals surface area (Å²) in [4.78, 5) is 13.6. The highest BCUT2D eigenvalue weighted by Gasteiger charge is 2.03. The number of methoxy groups -OCH3 is 1. The molecule has 1 N–H and O–H groups in total. The van der Waals surface area contributed by atoms with Crippen molar-refractivity contribution in [2.45, 2.75) is 33.1 Å². The Labute approximate surface area is 106 Å². The molecule has 0 heterocycles. The minimum absolute atomic E-state index is 0.179. The van der Waals surface area contributed by atoms with Gasteiger partial charge >= 0.3 is 0 Å². The van der Waals surface area contributed by atoms with E-state index in [-0.39, 0.29) is 5.91 Å². The zero-order valence-corrected chi connectivity index (χ0v) is 11.8. The van der Waals surface area contributed by atoms with Crippen LogP contribution >= 0.6 is 0 Å². The second-order valence-electron chi connectivity index (χ2n) is 4.93. The highest BCUT2D eigenvalue weighted by Crippen LogP contribution is 2.02. The largest absolute Gasteiger partial charge is 0.383 e. The van der Waals surface area contributed by atoms with Crippen molar-refractivity contribution in [1.29, 1.82) is 0 Å². The van der Waals surface area contributed by atoms with E-state index in [0.29, 0.717) is 12.3 Å². The predicted octanol–water partition coefficient (Wildman–Crippen LogP) is 1.51. The van der Waals surface area contributed by atoms with Crippen LogP contribution in [-0.4, -0.2) is 51.2 Å². The van der Waals surface area contributed by atoms with E-state index in [1.165, 1.54) is 0 Å². The number of hydrogen-bond acceptors (Lipinski definition) is 3. The van der Waals surface area contributed by atoms with Crippen molar-refractivity contribution in [3.8, 4) is 0 Å². The van der Waals surface area contributed by atoms with Gasteiger partial charge in [-0.3, -0.25) is 4.79 Å². The quantitative estimate of drug-likeness (QED) is 0.592. The van der Waals surface area contributed by atoms with E-state index in [2.05, 4.69) is 31.1 Å². The van der Waals surface area contributed by atoms with Gasteiger partial charge < -0.3 is 15.0 Å². The molecular weight excluding hydrogens is 216 g/mol. The Hall–Kier alpha value is -0.610. The first-order valence-corrected chi connectivity index (χ1v) is 6.50. The average molecular weight is 244 g/mol. The van der Waals surface area contributed by atoms with Gasteiger partial charge in [-0.25, -0.2) is 0 Å². The van der Waals surface area contributed by atoms with Crippen LogP contribution < -0.4 is 5.32 Å². The van der Waals surface area contributed by atoms with Crippen LogP contribution in [-0.2, 0) is 9.53 Å². The SMILES string of the molecule is COCCN(C)CCCNC(=O)CCC(C)C. The van der Waals surface area contributed by atoms with E-state index < -0.39 is 0 Å². The van der Waals surface area contributed by atoms with E-state index in [4.69, 9.17) is 4.74 Å². The van der Waals surface area contributed by atoms with Crippen LogP contribution in [0.25, 0.3) is 0 Å². The number of amides is 1. The van der Waals surface area contributed by atoms with Crippen molar-refractivity contribution in [2.24, 2.45) is 5.92 Å². The van der Waals surface area contributed by atoms with Crippen molar-refractivity contribution >= 4 is 5.91 Å². The second-order valence-corrected chi connectivity index (χ2v) is 4.93. The lowest BCUT2D eigenvalue weighted by atomic mass is 10.1. The Kier molecular flexibility index (Phi) is 10.2. The lowest BCUT2D eigenvalue weighted by molar-refractivity contribution is -0.121. The molecule has 102 valence electrons. The molecule has 0 bridgehead atoms. The number of carbonyl (C=O) groups excluding carboxylic acids is 1. The van der Waals surface area contributed by atoms with Crippen LogP contribution in [0.4, 0.5) is 0 Å². The van der Waals surface area contributed by atoms with Crippen LogP contribution in [0.3, 0.4) is 0 Å². The van der Waals surface area contributed by atoms with Gasteiger partial charge in [-0.05, 0) is 32.4 Å². The smallest absolute Gasteiger partial charge is 0.220 e. The summed E-state index contributed by atoms with van der Waals surface area (Å²) in [6.07, 6.45) is 2.62. The normalized spacial score (nSPS) is 11.2. The molecule has 0 saturated carbocycles. The summed E-state index contributed by atoms with van der Waals surface area (Å²) < 4.78 is 5.00. The molecule has 0 unspecified atom stereocenters. The summed E-state index contributed by atoms with van der Waals surface area (Å²) in [6.45, 7) is 7.74. The summed E-state index contributed by atoms with van der Waals surface area (Å²) in [5.41, 5.74) is 0. The number of carbonyl (C=O) groups is 1. The molecule has 0 fully saturated rings. The molecule has 0 aliphatic carbocycles. The zero-order chi connectivity index (χ0) is 13.1. The molecule has 17 heavy (non-hydrogen) atoms. The molecule has 0 aliphatic heterocycles. The number of nitrogens with one attached hydrogen (secondary N) is 1. The lowest BCUT2D eigenvalue weighted by Gasteiger charge is -2.15. The Bertz CT molecular complexity index is 196. The minimum Gasteiger partial charge on any atom is -0.383 e. The molecule has 4 nitrogen and oxygen atoms in total. The van der Waals surface area contributed by atoms with Gasteiger partial charge in [-0.1, -0.05) is 13.8 Å². The van der Waals surface area contributed by atoms with Crippen LogP contribution in [0, 0.1) is 5.92 Å². The fraction of sp³-hybridized carbons (Fsp3) is 0.923. The fourth-order valence-corrected chi connectivity index (χ4v) is 1.44. The van der Waals surface area contributed by atoms with Crippen LogP contribution in [0.15, 0.2) is 0 Å². The number of likely N-dealkylation sites (N-methyl/N-ethyl adjacent to an activating group) is 1. The first-order valence-electron chi connectivity index (χ1n) is 6.50. The fourth-order valence-electron chi connectivity index (χ4n) is 1.44. The molecule has 1 amide bonds.